The van der Waals surface area contributed by atoms with Crippen LogP contribution in [0.15, 0.2) is 41.3 Å². The van der Waals surface area contributed by atoms with E-state index in [-0.39, 0.29) is 11.3 Å². The summed E-state index contributed by atoms with van der Waals surface area (Å²) in [5, 5.41) is 13.0. The third-order valence-electron chi connectivity index (χ3n) is 4.80. The second kappa shape index (κ2) is 7.96. The normalized spacial score (nSPS) is 18.9. The summed E-state index contributed by atoms with van der Waals surface area (Å²) in [7, 11) is 1.51. The number of amides is 1. The summed E-state index contributed by atoms with van der Waals surface area (Å²) < 4.78 is 5.33. The van der Waals surface area contributed by atoms with E-state index in [4.69, 9.17) is 4.74 Å². The first-order valence-electron chi connectivity index (χ1n) is 8.97. The molecule has 142 valence electrons. The third-order valence-corrected chi connectivity index (χ3v) is 5.88. The number of ether oxygens (including phenoxy) is 1. The summed E-state index contributed by atoms with van der Waals surface area (Å²) in [6.07, 6.45) is 1.70. The van der Waals surface area contributed by atoms with Crippen molar-refractivity contribution in [1.82, 2.24) is 4.90 Å². The lowest BCUT2D eigenvalue weighted by molar-refractivity contribution is -0.139. The molecule has 6 heteroatoms. The summed E-state index contributed by atoms with van der Waals surface area (Å²) in [5.74, 6) is -0.941. The summed E-state index contributed by atoms with van der Waals surface area (Å²) in [6.45, 7) is 4.47. The molecule has 1 unspecified atom stereocenters. The third kappa shape index (κ3) is 3.37. The second-order valence-electron chi connectivity index (χ2n) is 6.51. The van der Waals surface area contributed by atoms with Crippen molar-refractivity contribution in [3.8, 4) is 5.75 Å². The molecule has 1 aromatic carbocycles. The van der Waals surface area contributed by atoms with Gasteiger partial charge in [-0.1, -0.05) is 25.5 Å². The van der Waals surface area contributed by atoms with Gasteiger partial charge in [-0.15, -0.1) is 11.3 Å². The minimum absolute atomic E-state index is 0.131. The Labute approximate surface area is 162 Å². The lowest BCUT2D eigenvalue weighted by Crippen LogP contribution is -2.30. The molecule has 0 radical (unpaired) electrons. The Morgan fingerprint density at radius 2 is 2.00 bits per heavy atom. The molecular formula is C21H23NO4S. The van der Waals surface area contributed by atoms with Crippen molar-refractivity contribution in [2.75, 3.05) is 13.7 Å². The predicted molar refractivity (Wildman–Crippen MR) is 106 cm³/mol. The van der Waals surface area contributed by atoms with Gasteiger partial charge in [0.05, 0.1) is 24.3 Å². The number of carbonyl (C=O) groups is 2. The number of ketones is 1. The zero-order valence-electron chi connectivity index (χ0n) is 15.7. The molecule has 5 nitrogen and oxygen atoms in total. The SMILES string of the molecule is CCCCN1C(=O)C(=O)/C(=C(/O)c2ccccc2OC)C1c1sccc1C. The number of para-hydroxylation sites is 1. The summed E-state index contributed by atoms with van der Waals surface area (Å²) >= 11 is 1.49. The Kier molecular flexibility index (Phi) is 5.65. The number of aryl methyl sites for hydroxylation is 1. The Bertz CT molecular complexity index is 899. The van der Waals surface area contributed by atoms with Gasteiger partial charge >= 0.3 is 0 Å². The van der Waals surface area contributed by atoms with Crippen molar-refractivity contribution in [3.05, 3.63) is 57.3 Å². The number of hydrogen-bond acceptors (Lipinski definition) is 5. The molecule has 3 rings (SSSR count). The molecule has 1 N–H and O–H groups in total. The van der Waals surface area contributed by atoms with Crippen molar-refractivity contribution >= 4 is 28.8 Å². The number of thiophene rings is 1. The summed E-state index contributed by atoms with van der Waals surface area (Å²) in [4.78, 5) is 28.1. The zero-order chi connectivity index (χ0) is 19.6. The molecule has 1 aromatic heterocycles. The van der Waals surface area contributed by atoms with Gasteiger partial charge in [0.1, 0.15) is 11.5 Å². The monoisotopic (exact) mass is 385 g/mol. The van der Waals surface area contributed by atoms with Crippen LogP contribution in [0.5, 0.6) is 5.75 Å². The first-order chi connectivity index (χ1) is 13.0. The van der Waals surface area contributed by atoms with E-state index in [0.717, 1.165) is 23.3 Å². The Balaban J connectivity index is 2.20. The maximum atomic E-state index is 12.9. The van der Waals surface area contributed by atoms with E-state index in [9.17, 15) is 14.7 Å². The van der Waals surface area contributed by atoms with E-state index in [1.807, 2.05) is 25.3 Å². The minimum atomic E-state index is -0.646. The number of likely N-dealkylation sites (tertiary alicyclic amines) is 1. The van der Waals surface area contributed by atoms with Crippen LogP contribution in [0.3, 0.4) is 0 Å². The van der Waals surface area contributed by atoms with Crippen molar-refractivity contribution < 1.29 is 19.4 Å². The molecule has 0 aliphatic carbocycles. The molecule has 27 heavy (non-hydrogen) atoms. The quantitative estimate of drug-likeness (QED) is 0.458. The molecule has 0 bridgehead atoms. The molecule has 2 aromatic rings. The van der Waals surface area contributed by atoms with Gasteiger partial charge < -0.3 is 14.7 Å². The highest BCUT2D eigenvalue weighted by atomic mass is 32.1. The van der Waals surface area contributed by atoms with Crippen LogP contribution in [0.25, 0.3) is 5.76 Å². The number of hydrogen-bond donors (Lipinski definition) is 1. The maximum absolute atomic E-state index is 12.9. The Morgan fingerprint density at radius 3 is 2.63 bits per heavy atom. The molecule has 1 fully saturated rings. The van der Waals surface area contributed by atoms with Crippen LogP contribution in [0.2, 0.25) is 0 Å². The number of unbranched alkanes of at least 4 members (excludes halogenated alkanes) is 1. The number of nitrogens with zero attached hydrogens (tertiary/aromatic N) is 1. The highest BCUT2D eigenvalue weighted by Crippen LogP contribution is 2.43. The van der Waals surface area contributed by atoms with E-state index in [1.54, 1.807) is 29.2 Å². The molecule has 1 atom stereocenters. The highest BCUT2D eigenvalue weighted by molar-refractivity contribution is 7.10. The van der Waals surface area contributed by atoms with Crippen molar-refractivity contribution in [2.45, 2.75) is 32.7 Å². The smallest absolute Gasteiger partial charge is 0.295 e. The van der Waals surface area contributed by atoms with Gasteiger partial charge in [-0.3, -0.25) is 9.59 Å². The zero-order valence-corrected chi connectivity index (χ0v) is 16.5. The van der Waals surface area contributed by atoms with Gasteiger partial charge in [0, 0.05) is 11.4 Å². The molecule has 1 amide bonds. The van der Waals surface area contributed by atoms with Crippen molar-refractivity contribution in [1.29, 1.82) is 0 Å². The van der Waals surface area contributed by atoms with Gasteiger partial charge in [0.25, 0.3) is 11.7 Å². The van der Waals surface area contributed by atoms with E-state index >= 15 is 0 Å². The number of Topliss-reactive ketones (excluding diaryl/α,β-unsaturated/α-hetero) is 1. The van der Waals surface area contributed by atoms with Gasteiger partial charge in [-0.2, -0.15) is 0 Å². The van der Waals surface area contributed by atoms with Crippen LogP contribution in [0.4, 0.5) is 0 Å². The number of aliphatic hydroxyl groups is 1. The largest absolute Gasteiger partial charge is 0.507 e. The van der Waals surface area contributed by atoms with E-state index in [1.165, 1.54) is 18.4 Å². The van der Waals surface area contributed by atoms with Crippen LogP contribution in [-0.4, -0.2) is 35.4 Å². The average Bonchev–Trinajstić information content (AvgIpc) is 3.20. The van der Waals surface area contributed by atoms with E-state index in [2.05, 4.69) is 0 Å². The van der Waals surface area contributed by atoms with E-state index < -0.39 is 17.7 Å². The number of benzene rings is 1. The molecule has 0 spiro atoms. The van der Waals surface area contributed by atoms with Crippen LogP contribution in [0.1, 0.15) is 41.8 Å². The lowest BCUT2D eigenvalue weighted by atomic mass is 9.98. The van der Waals surface area contributed by atoms with Gasteiger partial charge in [-0.25, -0.2) is 0 Å². The number of rotatable bonds is 6. The first-order valence-corrected chi connectivity index (χ1v) is 9.85. The minimum Gasteiger partial charge on any atom is -0.507 e. The summed E-state index contributed by atoms with van der Waals surface area (Å²) in [6, 6.07) is 8.34. The fourth-order valence-electron chi connectivity index (χ4n) is 3.36. The van der Waals surface area contributed by atoms with Gasteiger partial charge in [0.2, 0.25) is 0 Å². The molecule has 2 heterocycles. The van der Waals surface area contributed by atoms with Crippen LogP contribution in [-0.2, 0) is 9.59 Å². The Hall–Kier alpha value is -2.60. The Morgan fingerprint density at radius 1 is 1.26 bits per heavy atom. The standard InChI is InChI=1S/C21H23NO4S/c1-4-5-11-22-17(20-13(2)10-12-27-20)16(19(24)21(22)25)18(23)14-8-6-7-9-15(14)26-3/h6-10,12,17,23H,4-5,11H2,1-3H3/b18-16+. The molecule has 1 aliphatic heterocycles. The van der Waals surface area contributed by atoms with Crippen LogP contribution >= 0.6 is 11.3 Å². The topological polar surface area (TPSA) is 66.8 Å². The first kappa shape index (κ1) is 19.2. The fourth-order valence-corrected chi connectivity index (χ4v) is 4.41. The lowest BCUT2D eigenvalue weighted by Gasteiger charge is -2.24. The fraction of sp³-hybridized carbons (Fsp3) is 0.333. The van der Waals surface area contributed by atoms with E-state index in [0.29, 0.717) is 17.9 Å². The molecule has 1 aliphatic rings. The molecular weight excluding hydrogens is 362 g/mol. The predicted octanol–water partition coefficient (Wildman–Crippen LogP) is 4.29. The number of carbonyl (C=O) groups excluding carboxylic acids is 2. The molecule has 1 saturated heterocycles. The van der Waals surface area contributed by atoms with Gasteiger partial charge in [-0.05, 0) is 42.5 Å². The van der Waals surface area contributed by atoms with Crippen LogP contribution < -0.4 is 4.74 Å². The second-order valence-corrected chi connectivity index (χ2v) is 7.46. The number of aliphatic hydroxyl groups excluding tert-OH is 1. The summed E-state index contributed by atoms with van der Waals surface area (Å²) in [5.41, 5.74) is 1.54. The number of methoxy groups -OCH3 is 1. The van der Waals surface area contributed by atoms with Crippen molar-refractivity contribution in [2.24, 2.45) is 0 Å². The average molecular weight is 385 g/mol. The van der Waals surface area contributed by atoms with Crippen molar-refractivity contribution in [3.63, 3.8) is 0 Å². The van der Waals surface area contributed by atoms with Gasteiger partial charge in [0.15, 0.2) is 0 Å². The molecule has 0 saturated carbocycles. The highest BCUT2D eigenvalue weighted by Gasteiger charge is 2.46. The maximum Gasteiger partial charge on any atom is 0.295 e. The van der Waals surface area contributed by atoms with Crippen LogP contribution in [0, 0.1) is 6.92 Å².